The molecule has 0 saturated carbocycles. The lowest BCUT2D eigenvalue weighted by atomic mass is 9.84. The zero-order valence-corrected chi connectivity index (χ0v) is 17.2. The molecule has 0 aromatic heterocycles. The van der Waals surface area contributed by atoms with Crippen LogP contribution in [0.4, 0.5) is 0 Å². The average Bonchev–Trinajstić information content (AvgIpc) is 2.59. The van der Waals surface area contributed by atoms with Gasteiger partial charge in [-0.1, -0.05) is 38.1 Å². The summed E-state index contributed by atoms with van der Waals surface area (Å²) in [5.74, 6) is 0. The topological polar surface area (TPSA) is 55.4 Å². The summed E-state index contributed by atoms with van der Waals surface area (Å²) in [6, 6.07) is 8.54. The highest BCUT2D eigenvalue weighted by Gasteiger charge is 2.37. The van der Waals surface area contributed by atoms with Crippen LogP contribution >= 0.6 is 0 Å². The normalized spacial score (nSPS) is 21.5. The van der Waals surface area contributed by atoms with Gasteiger partial charge in [0.05, 0.1) is 52.9 Å². The highest BCUT2D eigenvalue weighted by molar-refractivity contribution is 5.21. The largest absolute Gasteiger partial charge is 0.380 e. The maximum absolute atomic E-state index is 5.90. The van der Waals surface area contributed by atoms with Crippen molar-refractivity contribution in [2.24, 2.45) is 10.8 Å². The van der Waals surface area contributed by atoms with Crippen LogP contribution in [0, 0.1) is 10.8 Å². The second kappa shape index (κ2) is 10.7. The molecule has 0 spiro atoms. The first-order valence-corrected chi connectivity index (χ1v) is 10.3. The van der Waals surface area contributed by atoms with Crippen LogP contribution in [0.1, 0.15) is 37.8 Å². The van der Waals surface area contributed by atoms with Gasteiger partial charge in [-0.25, -0.2) is 9.78 Å². The van der Waals surface area contributed by atoms with Crippen molar-refractivity contribution >= 4 is 0 Å². The van der Waals surface area contributed by atoms with Crippen molar-refractivity contribution in [1.29, 1.82) is 0 Å². The molecule has 28 heavy (non-hydrogen) atoms. The molecule has 3 heterocycles. The molecule has 3 aliphatic rings. The van der Waals surface area contributed by atoms with Gasteiger partial charge in [-0.15, -0.1) is 0 Å². The molecule has 3 fully saturated rings. The summed E-state index contributed by atoms with van der Waals surface area (Å²) in [7, 11) is 0. The SMILES string of the molecule is C1COO1.CCC1(COCc2ccc(COCC3(CC)COC3)cc2)COC1. The van der Waals surface area contributed by atoms with Gasteiger partial charge in [0.25, 0.3) is 0 Å². The van der Waals surface area contributed by atoms with Crippen LogP contribution in [0.25, 0.3) is 0 Å². The predicted octanol–water partition coefficient (Wildman–Crippen LogP) is 3.52. The standard InChI is InChI=1S/C20H30O4.C2H4O2/c1-3-19(13-23-14-19)11-21-9-17-5-7-18(8-6-17)10-22-12-20(4-2)15-24-16-20;1-2-4-3-1/h5-8H,3-4,9-16H2,1-2H3;1-2H2. The monoisotopic (exact) mass is 394 g/mol. The lowest BCUT2D eigenvalue weighted by Crippen LogP contribution is -2.45. The Bertz CT molecular complexity index is 499. The molecule has 0 amide bonds. The van der Waals surface area contributed by atoms with E-state index in [1.165, 1.54) is 11.1 Å². The summed E-state index contributed by atoms with van der Waals surface area (Å²) in [5.41, 5.74) is 2.94. The van der Waals surface area contributed by atoms with Crippen molar-refractivity contribution in [3.63, 3.8) is 0 Å². The first kappa shape index (κ1) is 21.7. The minimum absolute atomic E-state index is 0.258. The number of rotatable bonds is 10. The lowest BCUT2D eigenvalue weighted by molar-refractivity contribution is -0.382. The Labute approximate surface area is 168 Å². The summed E-state index contributed by atoms with van der Waals surface area (Å²) in [6.07, 6.45) is 2.24. The van der Waals surface area contributed by atoms with Crippen molar-refractivity contribution < 1.29 is 28.7 Å². The van der Waals surface area contributed by atoms with E-state index in [4.69, 9.17) is 18.9 Å². The second-order valence-electron chi connectivity index (χ2n) is 8.14. The van der Waals surface area contributed by atoms with Crippen LogP contribution in [0.3, 0.4) is 0 Å². The molecule has 0 radical (unpaired) electrons. The van der Waals surface area contributed by atoms with E-state index >= 15 is 0 Å². The van der Waals surface area contributed by atoms with Gasteiger partial charge in [0.2, 0.25) is 0 Å². The van der Waals surface area contributed by atoms with Gasteiger partial charge in [0.1, 0.15) is 13.2 Å². The smallest absolute Gasteiger partial charge is 0.109 e. The Balaban J connectivity index is 0.000000500. The van der Waals surface area contributed by atoms with Gasteiger partial charge in [-0.05, 0) is 24.0 Å². The number of ether oxygens (including phenoxy) is 4. The van der Waals surface area contributed by atoms with Crippen molar-refractivity contribution in [1.82, 2.24) is 0 Å². The van der Waals surface area contributed by atoms with Gasteiger partial charge in [-0.2, -0.15) is 0 Å². The molecule has 0 bridgehead atoms. The Kier molecular flexibility index (Phi) is 8.26. The molecule has 1 aromatic rings. The fourth-order valence-corrected chi connectivity index (χ4v) is 3.15. The molecular formula is C22H34O6. The van der Waals surface area contributed by atoms with Crippen LogP contribution in [0.5, 0.6) is 0 Å². The molecule has 3 saturated heterocycles. The van der Waals surface area contributed by atoms with E-state index in [1.54, 1.807) is 0 Å². The zero-order valence-electron chi connectivity index (χ0n) is 17.2. The van der Waals surface area contributed by atoms with Crippen molar-refractivity contribution in [3.05, 3.63) is 35.4 Å². The van der Waals surface area contributed by atoms with Crippen LogP contribution in [0.15, 0.2) is 24.3 Å². The van der Waals surface area contributed by atoms with Crippen LogP contribution in [-0.2, 0) is 41.9 Å². The molecule has 0 aliphatic carbocycles. The molecule has 6 heteroatoms. The summed E-state index contributed by atoms with van der Waals surface area (Å²) in [6.45, 7) is 12.2. The van der Waals surface area contributed by atoms with Gasteiger partial charge >= 0.3 is 0 Å². The third-order valence-electron chi connectivity index (χ3n) is 5.84. The fraction of sp³-hybridized carbons (Fsp3) is 0.727. The molecule has 4 rings (SSSR count). The molecule has 6 nitrogen and oxygen atoms in total. The third kappa shape index (κ3) is 5.99. The van der Waals surface area contributed by atoms with E-state index in [0.29, 0.717) is 13.2 Å². The minimum atomic E-state index is 0.258. The number of hydrogen-bond acceptors (Lipinski definition) is 6. The second-order valence-corrected chi connectivity index (χ2v) is 8.14. The third-order valence-corrected chi connectivity index (χ3v) is 5.84. The average molecular weight is 395 g/mol. The van der Waals surface area contributed by atoms with E-state index < -0.39 is 0 Å². The number of hydrogen-bond donors (Lipinski definition) is 0. The van der Waals surface area contributed by atoms with E-state index in [9.17, 15) is 0 Å². The predicted molar refractivity (Wildman–Crippen MR) is 105 cm³/mol. The van der Waals surface area contributed by atoms with Crippen LogP contribution < -0.4 is 0 Å². The maximum Gasteiger partial charge on any atom is 0.109 e. The first-order valence-electron chi connectivity index (χ1n) is 10.3. The van der Waals surface area contributed by atoms with Gasteiger partial charge in [0.15, 0.2) is 0 Å². The van der Waals surface area contributed by atoms with Gasteiger partial charge in [0, 0.05) is 10.8 Å². The van der Waals surface area contributed by atoms with Crippen LogP contribution in [0.2, 0.25) is 0 Å². The van der Waals surface area contributed by atoms with E-state index in [-0.39, 0.29) is 10.8 Å². The summed E-state index contributed by atoms with van der Waals surface area (Å²) >= 11 is 0. The quantitative estimate of drug-likeness (QED) is 0.566. The molecule has 3 aliphatic heterocycles. The van der Waals surface area contributed by atoms with E-state index in [0.717, 1.165) is 65.7 Å². The van der Waals surface area contributed by atoms with Crippen LogP contribution in [-0.4, -0.2) is 52.9 Å². The summed E-state index contributed by atoms with van der Waals surface area (Å²) in [4.78, 5) is 8.44. The highest BCUT2D eigenvalue weighted by Crippen LogP contribution is 2.32. The van der Waals surface area contributed by atoms with Gasteiger partial charge in [-0.3, -0.25) is 0 Å². The van der Waals surface area contributed by atoms with Crippen molar-refractivity contribution in [2.45, 2.75) is 39.9 Å². The number of benzene rings is 1. The molecule has 0 unspecified atom stereocenters. The van der Waals surface area contributed by atoms with E-state index in [2.05, 4.69) is 47.9 Å². The Hall–Kier alpha value is -1.02. The van der Waals surface area contributed by atoms with Crippen molar-refractivity contribution in [2.75, 3.05) is 52.9 Å². The lowest BCUT2D eigenvalue weighted by Gasteiger charge is -2.40. The minimum Gasteiger partial charge on any atom is -0.380 e. The summed E-state index contributed by atoms with van der Waals surface area (Å²) < 4.78 is 22.4. The van der Waals surface area contributed by atoms with Gasteiger partial charge < -0.3 is 18.9 Å². The Morgan fingerprint density at radius 3 is 1.29 bits per heavy atom. The molecule has 0 atom stereocenters. The molecule has 0 N–H and O–H groups in total. The summed E-state index contributed by atoms with van der Waals surface area (Å²) in [5, 5.41) is 0. The fourth-order valence-electron chi connectivity index (χ4n) is 3.15. The molecule has 158 valence electrons. The Morgan fingerprint density at radius 1 is 0.714 bits per heavy atom. The zero-order chi connectivity index (χ0) is 19.7. The molecular weight excluding hydrogens is 360 g/mol. The Morgan fingerprint density at radius 2 is 1.07 bits per heavy atom. The highest BCUT2D eigenvalue weighted by atomic mass is 17.2. The first-order chi connectivity index (χ1) is 13.7. The molecule has 1 aromatic carbocycles. The van der Waals surface area contributed by atoms with Crippen molar-refractivity contribution in [3.8, 4) is 0 Å². The maximum atomic E-state index is 5.90. The van der Waals surface area contributed by atoms with E-state index in [1.807, 2.05) is 0 Å².